The summed E-state index contributed by atoms with van der Waals surface area (Å²) in [5.41, 5.74) is 3.36. The van der Waals surface area contributed by atoms with E-state index in [-0.39, 0.29) is 5.91 Å². The van der Waals surface area contributed by atoms with Gasteiger partial charge in [-0.1, -0.05) is 12.1 Å². The second kappa shape index (κ2) is 7.38. The van der Waals surface area contributed by atoms with Crippen LogP contribution in [-0.2, 0) is 13.0 Å². The Balaban J connectivity index is 1.32. The average molecular weight is 352 g/mol. The molecule has 0 aliphatic carbocycles. The Hall–Kier alpha value is -2.53. The second-order valence-electron chi connectivity index (χ2n) is 6.84. The van der Waals surface area contributed by atoms with Crippen molar-refractivity contribution < 1.29 is 14.3 Å². The lowest BCUT2D eigenvalue weighted by Gasteiger charge is -2.34. The van der Waals surface area contributed by atoms with Gasteiger partial charge in [0.1, 0.15) is 11.5 Å². The molecule has 136 valence electrons. The molecule has 26 heavy (non-hydrogen) atoms. The summed E-state index contributed by atoms with van der Waals surface area (Å²) in [5, 5.41) is 0. The van der Waals surface area contributed by atoms with E-state index in [4.69, 9.17) is 9.47 Å². The van der Waals surface area contributed by atoms with Crippen LogP contribution in [0.25, 0.3) is 0 Å². The first kappa shape index (κ1) is 16.9. The van der Waals surface area contributed by atoms with Gasteiger partial charge in [0.15, 0.2) is 0 Å². The predicted octanol–water partition coefficient (Wildman–Crippen LogP) is 2.59. The van der Waals surface area contributed by atoms with Crippen LogP contribution in [0.4, 0.5) is 0 Å². The molecular weight excluding hydrogens is 328 g/mol. The summed E-state index contributed by atoms with van der Waals surface area (Å²) in [4.78, 5) is 17.0. The van der Waals surface area contributed by atoms with Gasteiger partial charge in [-0.25, -0.2) is 0 Å². The highest BCUT2D eigenvalue weighted by atomic mass is 16.5. The molecule has 1 fully saturated rings. The van der Waals surface area contributed by atoms with Crippen LogP contribution < -0.4 is 9.47 Å². The lowest BCUT2D eigenvalue weighted by molar-refractivity contribution is 0.0628. The van der Waals surface area contributed by atoms with Gasteiger partial charge in [0.2, 0.25) is 0 Å². The molecule has 5 nitrogen and oxygen atoms in total. The largest absolute Gasteiger partial charge is 0.497 e. The second-order valence-corrected chi connectivity index (χ2v) is 6.84. The molecule has 0 atom stereocenters. The molecule has 2 aliphatic rings. The van der Waals surface area contributed by atoms with Crippen molar-refractivity contribution in [1.29, 1.82) is 0 Å². The van der Waals surface area contributed by atoms with Crippen LogP contribution in [0.1, 0.15) is 21.5 Å². The summed E-state index contributed by atoms with van der Waals surface area (Å²) in [5.74, 6) is 1.90. The molecule has 4 rings (SSSR count). The third kappa shape index (κ3) is 3.53. The van der Waals surface area contributed by atoms with E-state index < -0.39 is 0 Å². The number of hydrogen-bond acceptors (Lipinski definition) is 4. The molecule has 0 bridgehead atoms. The molecule has 2 aromatic rings. The SMILES string of the molecule is COc1ccc(C(=O)N2CCN(Cc3ccc4c(c3)CCO4)CC2)cc1. The quantitative estimate of drug-likeness (QED) is 0.848. The first-order chi connectivity index (χ1) is 12.7. The normalized spacial score (nSPS) is 16.9. The zero-order valence-electron chi connectivity index (χ0n) is 15.1. The predicted molar refractivity (Wildman–Crippen MR) is 99.8 cm³/mol. The summed E-state index contributed by atoms with van der Waals surface area (Å²) >= 11 is 0. The van der Waals surface area contributed by atoms with E-state index in [0.29, 0.717) is 0 Å². The number of carbonyl (C=O) groups is 1. The van der Waals surface area contributed by atoms with Gasteiger partial charge in [-0.2, -0.15) is 0 Å². The molecular formula is C21H24N2O3. The van der Waals surface area contributed by atoms with Crippen molar-refractivity contribution in [2.24, 2.45) is 0 Å². The number of piperazine rings is 1. The smallest absolute Gasteiger partial charge is 0.253 e. The highest BCUT2D eigenvalue weighted by Crippen LogP contribution is 2.26. The van der Waals surface area contributed by atoms with Gasteiger partial charge in [0, 0.05) is 44.7 Å². The van der Waals surface area contributed by atoms with Crippen molar-refractivity contribution in [3.05, 3.63) is 59.2 Å². The molecule has 0 radical (unpaired) electrons. The highest BCUT2D eigenvalue weighted by Gasteiger charge is 2.22. The van der Waals surface area contributed by atoms with Gasteiger partial charge >= 0.3 is 0 Å². The van der Waals surface area contributed by atoms with E-state index in [0.717, 1.165) is 62.8 Å². The summed E-state index contributed by atoms with van der Waals surface area (Å²) in [6, 6.07) is 13.8. The van der Waals surface area contributed by atoms with Crippen molar-refractivity contribution in [2.45, 2.75) is 13.0 Å². The Bertz CT molecular complexity index is 780. The molecule has 2 heterocycles. The lowest BCUT2D eigenvalue weighted by Crippen LogP contribution is -2.48. The number of benzene rings is 2. The zero-order valence-corrected chi connectivity index (χ0v) is 15.1. The summed E-state index contributed by atoms with van der Waals surface area (Å²) in [6.07, 6.45) is 1.01. The van der Waals surface area contributed by atoms with E-state index in [1.54, 1.807) is 7.11 Å². The topological polar surface area (TPSA) is 42.0 Å². The van der Waals surface area contributed by atoms with Crippen LogP contribution in [0.15, 0.2) is 42.5 Å². The summed E-state index contributed by atoms with van der Waals surface area (Å²) in [6.45, 7) is 5.05. The number of ether oxygens (including phenoxy) is 2. The van der Waals surface area contributed by atoms with Crippen molar-refractivity contribution >= 4 is 5.91 Å². The van der Waals surface area contributed by atoms with Gasteiger partial charge in [-0.05, 0) is 41.5 Å². The van der Waals surface area contributed by atoms with Crippen molar-refractivity contribution in [3.8, 4) is 11.5 Å². The van der Waals surface area contributed by atoms with E-state index >= 15 is 0 Å². The van der Waals surface area contributed by atoms with Crippen molar-refractivity contribution in [1.82, 2.24) is 9.80 Å². The molecule has 0 spiro atoms. The fourth-order valence-corrected chi connectivity index (χ4v) is 3.62. The van der Waals surface area contributed by atoms with E-state index in [1.165, 1.54) is 11.1 Å². The molecule has 2 aliphatic heterocycles. The average Bonchev–Trinajstić information content (AvgIpc) is 3.16. The number of nitrogens with zero attached hydrogens (tertiary/aromatic N) is 2. The van der Waals surface area contributed by atoms with E-state index in [2.05, 4.69) is 23.1 Å². The Morgan fingerprint density at radius 2 is 1.85 bits per heavy atom. The number of carbonyl (C=O) groups excluding carboxylic acids is 1. The van der Waals surface area contributed by atoms with Gasteiger partial charge in [-0.3, -0.25) is 9.69 Å². The van der Waals surface area contributed by atoms with Gasteiger partial charge in [0.25, 0.3) is 5.91 Å². The molecule has 1 saturated heterocycles. The first-order valence-electron chi connectivity index (χ1n) is 9.13. The molecule has 5 heteroatoms. The Labute approximate surface area is 154 Å². The number of fused-ring (bicyclic) bond motifs is 1. The van der Waals surface area contributed by atoms with Gasteiger partial charge in [-0.15, -0.1) is 0 Å². The first-order valence-corrected chi connectivity index (χ1v) is 9.13. The van der Waals surface area contributed by atoms with E-state index in [9.17, 15) is 4.79 Å². The standard InChI is InChI=1S/C21H24N2O3/c1-25-19-5-3-17(4-6-19)21(24)23-11-9-22(10-12-23)15-16-2-7-20-18(14-16)8-13-26-20/h2-7,14H,8-13,15H2,1H3. The minimum absolute atomic E-state index is 0.0991. The van der Waals surface area contributed by atoms with Crippen LogP contribution in [0.5, 0.6) is 11.5 Å². The van der Waals surface area contributed by atoms with Gasteiger partial charge in [0.05, 0.1) is 13.7 Å². The summed E-state index contributed by atoms with van der Waals surface area (Å²) in [7, 11) is 1.63. The molecule has 2 aromatic carbocycles. The number of methoxy groups -OCH3 is 1. The molecule has 0 unspecified atom stereocenters. The van der Waals surface area contributed by atoms with Crippen LogP contribution >= 0.6 is 0 Å². The van der Waals surface area contributed by atoms with Gasteiger partial charge < -0.3 is 14.4 Å². The van der Waals surface area contributed by atoms with E-state index in [1.807, 2.05) is 29.2 Å². The van der Waals surface area contributed by atoms with Crippen LogP contribution in [-0.4, -0.2) is 55.6 Å². The molecule has 0 N–H and O–H groups in total. The third-order valence-corrected chi connectivity index (χ3v) is 5.16. The Kier molecular flexibility index (Phi) is 4.80. The Morgan fingerprint density at radius 1 is 1.08 bits per heavy atom. The highest BCUT2D eigenvalue weighted by molar-refractivity contribution is 5.94. The summed E-state index contributed by atoms with van der Waals surface area (Å²) < 4.78 is 10.7. The number of hydrogen-bond donors (Lipinski definition) is 0. The fourth-order valence-electron chi connectivity index (χ4n) is 3.62. The van der Waals surface area contributed by atoms with Crippen molar-refractivity contribution in [2.75, 3.05) is 39.9 Å². The number of amides is 1. The molecule has 0 aromatic heterocycles. The minimum atomic E-state index is 0.0991. The number of rotatable bonds is 4. The Morgan fingerprint density at radius 3 is 2.58 bits per heavy atom. The fraction of sp³-hybridized carbons (Fsp3) is 0.381. The lowest BCUT2D eigenvalue weighted by atomic mass is 10.1. The van der Waals surface area contributed by atoms with Crippen LogP contribution in [0.3, 0.4) is 0 Å². The molecule has 0 saturated carbocycles. The maximum absolute atomic E-state index is 12.6. The molecule has 1 amide bonds. The third-order valence-electron chi connectivity index (χ3n) is 5.16. The van der Waals surface area contributed by atoms with Crippen LogP contribution in [0, 0.1) is 0 Å². The van der Waals surface area contributed by atoms with Crippen molar-refractivity contribution in [3.63, 3.8) is 0 Å². The minimum Gasteiger partial charge on any atom is -0.497 e. The maximum atomic E-state index is 12.6. The monoisotopic (exact) mass is 352 g/mol. The maximum Gasteiger partial charge on any atom is 0.253 e. The van der Waals surface area contributed by atoms with Crippen LogP contribution in [0.2, 0.25) is 0 Å². The zero-order chi connectivity index (χ0) is 17.9.